The molecular weight excluding hydrogens is 417 g/mol. The van der Waals surface area contributed by atoms with Crippen LogP contribution in [0.15, 0.2) is 60.3 Å². The van der Waals surface area contributed by atoms with Crippen molar-refractivity contribution in [2.24, 2.45) is 0 Å². The van der Waals surface area contributed by atoms with E-state index in [1.807, 2.05) is 0 Å². The molecule has 9 heteroatoms. The Bertz CT molecular complexity index is 1050. The van der Waals surface area contributed by atoms with Gasteiger partial charge in [-0.15, -0.1) is 11.3 Å². The van der Waals surface area contributed by atoms with Crippen LogP contribution in [0.2, 0.25) is 5.02 Å². The normalized spacial score (nSPS) is 15.9. The number of carbonyl (C=O) groups excluding carboxylic acids is 1. The van der Waals surface area contributed by atoms with Crippen LogP contribution in [0.5, 0.6) is 0 Å². The molecule has 1 aliphatic heterocycles. The van der Waals surface area contributed by atoms with Gasteiger partial charge in [0.2, 0.25) is 5.91 Å². The summed E-state index contributed by atoms with van der Waals surface area (Å²) >= 11 is 6.75. The van der Waals surface area contributed by atoms with E-state index in [2.05, 4.69) is 29.1 Å². The first kappa shape index (κ1) is 20.6. The van der Waals surface area contributed by atoms with E-state index >= 15 is 0 Å². The van der Waals surface area contributed by atoms with Gasteiger partial charge in [0.1, 0.15) is 22.4 Å². The summed E-state index contributed by atoms with van der Waals surface area (Å²) in [6, 6.07) is 3.39. The highest BCUT2D eigenvalue weighted by molar-refractivity contribution is 7.15. The first-order valence-electron chi connectivity index (χ1n) is 8.46. The minimum absolute atomic E-state index is 0.0600. The number of halogens is 2. The fraction of sp³-hybridized carbons (Fsp3) is 0.100. The van der Waals surface area contributed by atoms with Gasteiger partial charge in [-0.05, 0) is 29.8 Å². The fourth-order valence-corrected chi connectivity index (χ4v) is 3.95. The summed E-state index contributed by atoms with van der Waals surface area (Å²) in [5.41, 5.74) is 1.88. The number of hydrogen-bond donors (Lipinski definition) is 4. The van der Waals surface area contributed by atoms with Gasteiger partial charge in [0.05, 0.1) is 16.4 Å². The van der Waals surface area contributed by atoms with Gasteiger partial charge in [0.25, 0.3) is 0 Å². The number of anilines is 1. The van der Waals surface area contributed by atoms with Crippen LogP contribution in [0.4, 0.5) is 9.39 Å². The minimum Gasteiger partial charge on any atom is -0.478 e. The topological polar surface area (TPSA) is 90.5 Å². The lowest BCUT2D eigenvalue weighted by Crippen LogP contribution is -2.50. The van der Waals surface area contributed by atoms with E-state index in [-0.39, 0.29) is 22.1 Å². The van der Waals surface area contributed by atoms with E-state index in [1.54, 1.807) is 17.5 Å². The predicted octanol–water partition coefficient (Wildman–Crippen LogP) is 3.99. The largest absolute Gasteiger partial charge is 0.478 e. The molecule has 0 aliphatic carbocycles. The highest BCUT2D eigenvalue weighted by Gasteiger charge is 2.27. The van der Waals surface area contributed by atoms with Crippen molar-refractivity contribution in [3.63, 3.8) is 0 Å². The molecule has 1 unspecified atom stereocenters. The number of rotatable bonds is 6. The van der Waals surface area contributed by atoms with Crippen molar-refractivity contribution in [3.05, 3.63) is 76.7 Å². The number of amides is 1. The molecule has 0 bridgehead atoms. The number of thiophene rings is 1. The molecule has 1 aliphatic rings. The van der Waals surface area contributed by atoms with Gasteiger partial charge in [-0.3, -0.25) is 4.79 Å². The lowest BCUT2D eigenvalue weighted by molar-refractivity contribution is -0.117. The van der Waals surface area contributed by atoms with Crippen LogP contribution in [0.1, 0.15) is 10.4 Å². The van der Waals surface area contributed by atoms with Gasteiger partial charge in [-0.2, -0.15) is 0 Å². The summed E-state index contributed by atoms with van der Waals surface area (Å²) in [5, 5.41) is 20.1. The van der Waals surface area contributed by atoms with E-state index < -0.39 is 23.7 Å². The molecule has 2 aromatic rings. The number of carboxylic acids is 1. The van der Waals surface area contributed by atoms with Crippen molar-refractivity contribution in [3.8, 4) is 11.1 Å². The zero-order chi connectivity index (χ0) is 21.1. The number of carboxylic acid groups (broad SMARTS) is 1. The fourth-order valence-electron chi connectivity index (χ4n) is 2.87. The predicted molar refractivity (Wildman–Crippen MR) is 113 cm³/mol. The van der Waals surface area contributed by atoms with Crippen LogP contribution in [0.3, 0.4) is 0 Å². The van der Waals surface area contributed by atoms with Gasteiger partial charge in [-0.25, -0.2) is 9.18 Å². The molecule has 2 heterocycles. The Hall–Kier alpha value is -3.10. The first-order chi connectivity index (χ1) is 13.8. The van der Waals surface area contributed by atoms with E-state index in [0.717, 1.165) is 23.1 Å². The number of hydrogen-bond acceptors (Lipinski definition) is 5. The standard InChI is InChI=1S/C20H17ClFN3O3S/c1-3-14-15(4-2)24-16(8-23-14)18(26)25-19-17(20(27)28)11(9-29-19)10-5-6-12(21)13(22)7-10/h3-7,9,16,23-24H,1-2,8H2,(H,25,26)(H,27,28). The quantitative estimate of drug-likeness (QED) is 0.553. The highest BCUT2D eigenvalue weighted by atomic mass is 35.5. The average molecular weight is 434 g/mol. The molecule has 0 saturated carbocycles. The number of carbonyl (C=O) groups is 2. The summed E-state index contributed by atoms with van der Waals surface area (Å²) in [7, 11) is 0. The molecule has 1 amide bonds. The molecule has 0 spiro atoms. The first-order valence-corrected chi connectivity index (χ1v) is 9.72. The zero-order valence-corrected chi connectivity index (χ0v) is 16.7. The monoisotopic (exact) mass is 433 g/mol. The lowest BCUT2D eigenvalue weighted by Gasteiger charge is -2.27. The Morgan fingerprint density at radius 3 is 2.66 bits per heavy atom. The highest BCUT2D eigenvalue weighted by Crippen LogP contribution is 2.36. The summed E-state index contributed by atoms with van der Waals surface area (Å²) in [5.74, 6) is -2.31. The summed E-state index contributed by atoms with van der Waals surface area (Å²) in [4.78, 5) is 24.5. The van der Waals surface area contributed by atoms with Gasteiger partial charge < -0.3 is 21.1 Å². The summed E-state index contributed by atoms with van der Waals surface area (Å²) in [6.07, 6.45) is 3.17. The van der Waals surface area contributed by atoms with Crippen LogP contribution < -0.4 is 16.0 Å². The van der Waals surface area contributed by atoms with Crippen molar-refractivity contribution in [1.29, 1.82) is 0 Å². The number of aromatic carboxylic acids is 1. The lowest BCUT2D eigenvalue weighted by atomic mass is 10.0. The molecule has 1 aromatic carbocycles. The number of nitrogens with one attached hydrogen (secondary N) is 3. The van der Waals surface area contributed by atoms with E-state index in [9.17, 15) is 19.1 Å². The van der Waals surface area contributed by atoms with Gasteiger partial charge >= 0.3 is 5.97 Å². The van der Waals surface area contributed by atoms with Crippen molar-refractivity contribution in [2.45, 2.75) is 6.04 Å². The smallest absolute Gasteiger partial charge is 0.339 e. The summed E-state index contributed by atoms with van der Waals surface area (Å²) < 4.78 is 13.8. The van der Waals surface area contributed by atoms with Crippen molar-refractivity contribution in [2.75, 3.05) is 11.9 Å². The minimum atomic E-state index is -1.23. The Kier molecular flexibility index (Phi) is 6.05. The second-order valence-electron chi connectivity index (χ2n) is 6.09. The van der Waals surface area contributed by atoms with Crippen LogP contribution in [0.25, 0.3) is 11.1 Å². The average Bonchev–Trinajstić information content (AvgIpc) is 3.13. The van der Waals surface area contributed by atoms with Gasteiger partial charge in [-0.1, -0.05) is 30.8 Å². The van der Waals surface area contributed by atoms with E-state index in [1.165, 1.54) is 12.1 Å². The molecule has 0 saturated heterocycles. The molecule has 4 N–H and O–H groups in total. The second kappa shape index (κ2) is 8.50. The molecule has 3 rings (SSSR count). The van der Waals surface area contributed by atoms with Crippen LogP contribution in [-0.2, 0) is 4.79 Å². The molecule has 6 nitrogen and oxygen atoms in total. The second-order valence-corrected chi connectivity index (χ2v) is 7.38. The molecule has 29 heavy (non-hydrogen) atoms. The SMILES string of the molecule is C=CC1=C(C=C)NC(C(=O)Nc2scc(-c3ccc(Cl)c(F)c3)c2C(=O)O)CN1. The van der Waals surface area contributed by atoms with Gasteiger partial charge in [0.15, 0.2) is 0 Å². The zero-order valence-electron chi connectivity index (χ0n) is 15.1. The van der Waals surface area contributed by atoms with Crippen LogP contribution in [0, 0.1) is 5.82 Å². The molecule has 0 fully saturated rings. The number of benzene rings is 1. The van der Waals surface area contributed by atoms with Crippen molar-refractivity contribution >= 4 is 39.8 Å². The van der Waals surface area contributed by atoms with Crippen LogP contribution in [-0.4, -0.2) is 29.6 Å². The third-order valence-corrected chi connectivity index (χ3v) is 5.52. The molecule has 1 atom stereocenters. The Balaban J connectivity index is 1.87. The molecular formula is C20H17ClFN3O3S. The molecule has 0 radical (unpaired) electrons. The Morgan fingerprint density at radius 2 is 2.03 bits per heavy atom. The van der Waals surface area contributed by atoms with Gasteiger partial charge in [0, 0.05) is 17.5 Å². The maximum atomic E-state index is 13.8. The third-order valence-electron chi connectivity index (χ3n) is 4.31. The Morgan fingerprint density at radius 1 is 1.31 bits per heavy atom. The Labute approximate surface area is 175 Å². The molecule has 1 aromatic heterocycles. The van der Waals surface area contributed by atoms with E-state index in [4.69, 9.17) is 11.6 Å². The van der Waals surface area contributed by atoms with Crippen molar-refractivity contribution < 1.29 is 19.1 Å². The maximum Gasteiger partial charge on any atom is 0.339 e. The summed E-state index contributed by atoms with van der Waals surface area (Å²) in [6.45, 7) is 7.66. The van der Waals surface area contributed by atoms with E-state index in [0.29, 0.717) is 16.8 Å². The van der Waals surface area contributed by atoms with Crippen LogP contribution >= 0.6 is 22.9 Å². The maximum absolute atomic E-state index is 13.8. The third kappa shape index (κ3) is 4.18. The number of allylic oxidation sites excluding steroid dienone is 2. The molecule has 150 valence electrons. The van der Waals surface area contributed by atoms with Crippen molar-refractivity contribution in [1.82, 2.24) is 10.6 Å².